The largest absolute Gasteiger partial charge is 0.465 e. The minimum absolute atomic E-state index is 0.0398. The predicted molar refractivity (Wildman–Crippen MR) is 77.6 cm³/mol. The van der Waals surface area contributed by atoms with Crippen molar-refractivity contribution in [3.63, 3.8) is 0 Å². The van der Waals surface area contributed by atoms with E-state index < -0.39 is 11.9 Å². The van der Waals surface area contributed by atoms with Crippen LogP contribution in [0.5, 0.6) is 0 Å². The van der Waals surface area contributed by atoms with Crippen LogP contribution in [0.4, 0.5) is 0 Å². The van der Waals surface area contributed by atoms with Gasteiger partial charge < -0.3 is 9.47 Å². The van der Waals surface area contributed by atoms with E-state index >= 15 is 0 Å². The summed E-state index contributed by atoms with van der Waals surface area (Å²) in [5.41, 5.74) is 0. The molecule has 0 N–H and O–H groups in total. The molecule has 0 saturated heterocycles. The van der Waals surface area contributed by atoms with Crippen LogP contribution in [-0.2, 0) is 19.1 Å². The van der Waals surface area contributed by atoms with Gasteiger partial charge in [-0.1, -0.05) is 58.9 Å². The summed E-state index contributed by atoms with van der Waals surface area (Å²) in [6.45, 7) is 0. The van der Waals surface area contributed by atoms with Crippen molar-refractivity contribution in [3.8, 4) is 0 Å². The highest BCUT2D eigenvalue weighted by atomic mass is 35.5. The molecule has 1 aliphatic rings. The van der Waals surface area contributed by atoms with Crippen molar-refractivity contribution in [1.82, 2.24) is 0 Å². The molecule has 0 aliphatic carbocycles. The number of halogens is 2. The fourth-order valence-electron chi connectivity index (χ4n) is 0.923. The zero-order chi connectivity index (χ0) is 13.9. The number of rotatable bonds is 3. The maximum absolute atomic E-state index is 11.5. The van der Waals surface area contributed by atoms with E-state index in [0.29, 0.717) is 4.24 Å². The van der Waals surface area contributed by atoms with Crippen LogP contribution in [0.1, 0.15) is 0 Å². The molecule has 0 spiro atoms. The minimum atomic E-state index is -0.646. The minimum Gasteiger partial charge on any atom is -0.465 e. The SMILES string of the molecule is COC(=O)C1=C(C(=O)OC)SC(=C(Cl)C(=S)Cl)S1. The molecule has 0 atom stereocenters. The molecule has 1 aliphatic heterocycles. The first-order valence-electron chi connectivity index (χ1n) is 4.28. The van der Waals surface area contributed by atoms with E-state index in [2.05, 4.69) is 9.47 Å². The third kappa shape index (κ3) is 3.42. The van der Waals surface area contributed by atoms with Crippen LogP contribution in [0.25, 0.3) is 0 Å². The highest BCUT2D eigenvalue weighted by molar-refractivity contribution is 8.29. The van der Waals surface area contributed by atoms with Crippen molar-refractivity contribution >= 4 is 75.2 Å². The van der Waals surface area contributed by atoms with Gasteiger partial charge in [-0.3, -0.25) is 0 Å². The van der Waals surface area contributed by atoms with E-state index in [4.69, 9.17) is 35.4 Å². The molecule has 0 unspecified atom stereocenters. The van der Waals surface area contributed by atoms with E-state index in [1.54, 1.807) is 0 Å². The fourth-order valence-corrected chi connectivity index (χ4v) is 3.95. The Bertz CT molecular complexity index is 454. The van der Waals surface area contributed by atoms with Crippen molar-refractivity contribution in [1.29, 1.82) is 0 Å². The zero-order valence-corrected chi connectivity index (χ0v) is 13.1. The van der Waals surface area contributed by atoms with Gasteiger partial charge in [0.05, 0.1) is 23.5 Å². The topological polar surface area (TPSA) is 52.6 Å². The fraction of sp³-hybridized carbons (Fsp3) is 0.222. The van der Waals surface area contributed by atoms with E-state index in [1.807, 2.05) is 0 Å². The Morgan fingerprint density at radius 3 is 1.72 bits per heavy atom. The molecule has 0 aromatic rings. The molecule has 1 heterocycles. The molecule has 0 bridgehead atoms. The van der Waals surface area contributed by atoms with Crippen LogP contribution in [0.2, 0.25) is 0 Å². The lowest BCUT2D eigenvalue weighted by Crippen LogP contribution is -2.08. The van der Waals surface area contributed by atoms with Crippen LogP contribution >= 0.6 is 58.9 Å². The average Bonchev–Trinajstić information content (AvgIpc) is 2.80. The van der Waals surface area contributed by atoms with E-state index in [0.717, 1.165) is 23.5 Å². The summed E-state index contributed by atoms with van der Waals surface area (Å²) in [5, 5.41) is 0.113. The van der Waals surface area contributed by atoms with Crippen molar-refractivity contribution in [3.05, 3.63) is 19.1 Å². The first-order chi connectivity index (χ1) is 8.42. The smallest absolute Gasteiger partial charge is 0.346 e. The van der Waals surface area contributed by atoms with Crippen molar-refractivity contribution < 1.29 is 19.1 Å². The maximum Gasteiger partial charge on any atom is 0.346 e. The van der Waals surface area contributed by atoms with E-state index in [1.165, 1.54) is 14.2 Å². The van der Waals surface area contributed by atoms with Gasteiger partial charge in [-0.05, 0) is 0 Å². The zero-order valence-electron chi connectivity index (χ0n) is 9.11. The molecular formula is C9H6Cl2O4S3. The molecule has 9 heteroatoms. The highest BCUT2D eigenvalue weighted by Gasteiger charge is 2.34. The maximum atomic E-state index is 11.5. The second-order valence-electron chi connectivity index (χ2n) is 2.72. The Morgan fingerprint density at radius 1 is 1.06 bits per heavy atom. The van der Waals surface area contributed by atoms with E-state index in [-0.39, 0.29) is 19.2 Å². The summed E-state index contributed by atoms with van der Waals surface area (Å²) in [4.78, 5) is 23.3. The van der Waals surface area contributed by atoms with Gasteiger partial charge in [0.2, 0.25) is 0 Å². The summed E-state index contributed by atoms with van der Waals surface area (Å²) >= 11 is 18.1. The number of hydrogen-bond donors (Lipinski definition) is 0. The second-order valence-corrected chi connectivity index (χ2v) is 6.41. The Morgan fingerprint density at radius 2 is 1.44 bits per heavy atom. The average molecular weight is 345 g/mol. The number of carbonyl (C=O) groups excluding carboxylic acids is 2. The predicted octanol–water partition coefficient (Wildman–Crippen LogP) is 3.00. The monoisotopic (exact) mass is 344 g/mol. The molecule has 0 aromatic carbocycles. The molecule has 0 aromatic heterocycles. The van der Waals surface area contributed by atoms with Gasteiger partial charge in [0, 0.05) is 0 Å². The number of thiocarbonyl (C=S) groups is 1. The molecule has 4 nitrogen and oxygen atoms in total. The Balaban J connectivity index is 3.16. The Hall–Kier alpha value is -0.210. The molecule has 0 amide bonds. The molecular weight excluding hydrogens is 339 g/mol. The van der Waals surface area contributed by atoms with Crippen LogP contribution in [0.3, 0.4) is 0 Å². The van der Waals surface area contributed by atoms with Crippen molar-refractivity contribution in [2.45, 2.75) is 0 Å². The third-order valence-electron chi connectivity index (χ3n) is 1.69. The molecule has 98 valence electrons. The summed E-state index contributed by atoms with van der Waals surface area (Å²) in [5.74, 6) is -1.29. The quantitative estimate of drug-likeness (QED) is 0.337. The van der Waals surface area contributed by atoms with Gasteiger partial charge in [-0.15, -0.1) is 0 Å². The number of thioether (sulfide) groups is 2. The number of carbonyl (C=O) groups is 2. The summed E-state index contributed by atoms with van der Waals surface area (Å²) in [6.07, 6.45) is 0. The lowest BCUT2D eigenvalue weighted by molar-refractivity contribution is -0.138. The molecule has 1 rings (SSSR count). The Labute approximate surface area is 127 Å². The summed E-state index contributed by atoms with van der Waals surface area (Å²) in [7, 11) is 2.43. The summed E-state index contributed by atoms with van der Waals surface area (Å²) < 4.78 is 9.56. The van der Waals surface area contributed by atoms with Gasteiger partial charge in [0.25, 0.3) is 0 Å². The van der Waals surface area contributed by atoms with Gasteiger partial charge in [0.15, 0.2) is 0 Å². The lowest BCUT2D eigenvalue weighted by Gasteiger charge is -2.00. The number of hydrogen-bond acceptors (Lipinski definition) is 7. The van der Waals surface area contributed by atoms with Crippen molar-refractivity contribution in [2.24, 2.45) is 0 Å². The number of allylic oxidation sites excluding steroid dienone is 1. The van der Waals surface area contributed by atoms with Crippen LogP contribution in [0.15, 0.2) is 19.1 Å². The van der Waals surface area contributed by atoms with Crippen LogP contribution in [-0.4, -0.2) is 30.5 Å². The molecule has 0 fully saturated rings. The molecule has 18 heavy (non-hydrogen) atoms. The Kier molecular flexibility index (Phi) is 6.00. The van der Waals surface area contributed by atoms with Gasteiger partial charge in [-0.2, -0.15) is 0 Å². The van der Waals surface area contributed by atoms with E-state index in [9.17, 15) is 9.59 Å². The first-order valence-corrected chi connectivity index (χ1v) is 7.08. The van der Waals surface area contributed by atoms with Gasteiger partial charge in [0.1, 0.15) is 14.1 Å². The van der Waals surface area contributed by atoms with Gasteiger partial charge >= 0.3 is 11.9 Å². The highest BCUT2D eigenvalue weighted by Crippen LogP contribution is 2.52. The second kappa shape index (κ2) is 6.81. The normalized spacial score (nSPS) is 14.6. The first kappa shape index (κ1) is 15.8. The summed E-state index contributed by atoms with van der Waals surface area (Å²) in [6, 6.07) is 0. The molecule has 0 radical (unpaired) electrons. The number of methoxy groups -OCH3 is 2. The lowest BCUT2D eigenvalue weighted by atomic mass is 10.5. The third-order valence-corrected chi connectivity index (χ3v) is 5.45. The molecule has 0 saturated carbocycles. The number of ether oxygens (including phenoxy) is 2. The van der Waals surface area contributed by atoms with Crippen molar-refractivity contribution in [2.75, 3.05) is 14.2 Å². The van der Waals surface area contributed by atoms with Crippen LogP contribution in [0, 0.1) is 0 Å². The standard InChI is InChI=1S/C9H6Cl2O4S3/c1-14-7(12)4-5(8(13)15-2)18-9(17-4)3(10)6(11)16/h1-2H3. The van der Waals surface area contributed by atoms with Crippen LogP contribution < -0.4 is 0 Å². The van der Waals surface area contributed by atoms with Gasteiger partial charge in [-0.25, -0.2) is 9.59 Å². The number of esters is 2.